The van der Waals surface area contributed by atoms with Crippen LogP contribution in [0.4, 0.5) is 0 Å². The molecule has 0 spiro atoms. The Labute approximate surface area is 101 Å². The zero-order valence-corrected chi connectivity index (χ0v) is 11.2. The lowest BCUT2D eigenvalue weighted by molar-refractivity contribution is 0.506. The Balaban J connectivity index is 2.90. The van der Waals surface area contributed by atoms with Gasteiger partial charge in [0.2, 0.25) is 0 Å². The van der Waals surface area contributed by atoms with Crippen molar-refractivity contribution in [3.63, 3.8) is 0 Å². The molecule has 0 aromatic carbocycles. The minimum absolute atomic E-state index is 0.509. The predicted octanol–water partition coefficient (Wildman–Crippen LogP) is 5.31. The molecule has 0 radical (unpaired) electrons. The summed E-state index contributed by atoms with van der Waals surface area (Å²) in [7, 11) is 0. The zero-order valence-electron chi connectivity index (χ0n) is 11.2. The van der Waals surface area contributed by atoms with E-state index in [0.717, 1.165) is 12.3 Å². The van der Waals surface area contributed by atoms with Gasteiger partial charge in [0.05, 0.1) is 6.54 Å². The molecule has 0 saturated carbocycles. The maximum Gasteiger partial charge on any atom is 0.0811 e. The minimum atomic E-state index is 0.509. The van der Waals surface area contributed by atoms with E-state index in [1.807, 2.05) is 0 Å². The van der Waals surface area contributed by atoms with Crippen molar-refractivity contribution in [2.75, 3.05) is 6.54 Å². The normalized spacial score (nSPS) is 10.9. The van der Waals surface area contributed by atoms with E-state index in [-0.39, 0.29) is 0 Å². The first-order valence-corrected chi connectivity index (χ1v) is 7.06. The molecule has 2 heteroatoms. The first-order valence-electron chi connectivity index (χ1n) is 7.06. The van der Waals surface area contributed by atoms with E-state index in [1.165, 1.54) is 57.8 Å². The molecule has 0 aliphatic heterocycles. The van der Waals surface area contributed by atoms with Gasteiger partial charge in [0.1, 0.15) is 0 Å². The second-order valence-corrected chi connectivity index (χ2v) is 5.22. The van der Waals surface area contributed by atoms with Gasteiger partial charge in [0.25, 0.3) is 0 Å². The van der Waals surface area contributed by atoms with Gasteiger partial charge in [-0.2, -0.15) is 4.91 Å². The molecule has 0 saturated heterocycles. The average Bonchev–Trinajstić information content (AvgIpc) is 2.25. The van der Waals surface area contributed by atoms with Crippen LogP contribution in [-0.4, -0.2) is 6.54 Å². The molecule has 0 fully saturated rings. The molecule has 0 aliphatic carbocycles. The summed E-state index contributed by atoms with van der Waals surface area (Å²) in [6.45, 7) is 5.11. The minimum Gasteiger partial charge on any atom is -0.151 e. The van der Waals surface area contributed by atoms with Gasteiger partial charge in [-0.15, -0.1) is 0 Å². The van der Waals surface area contributed by atoms with Crippen molar-refractivity contribution in [2.45, 2.75) is 78.1 Å². The lowest BCUT2D eigenvalue weighted by atomic mass is 10.0. The molecular weight excluding hydrogens is 198 g/mol. The van der Waals surface area contributed by atoms with Crippen LogP contribution < -0.4 is 0 Å². The van der Waals surface area contributed by atoms with Crippen molar-refractivity contribution in [3.05, 3.63) is 4.91 Å². The molecular formula is C14H29NO. The molecule has 0 aromatic rings. The summed E-state index contributed by atoms with van der Waals surface area (Å²) >= 11 is 0. The Morgan fingerprint density at radius 2 is 1.19 bits per heavy atom. The summed E-state index contributed by atoms with van der Waals surface area (Å²) in [6.07, 6.45) is 13.2. The zero-order chi connectivity index (χ0) is 12.1. The van der Waals surface area contributed by atoms with Crippen LogP contribution in [0.5, 0.6) is 0 Å². The molecule has 0 aromatic heterocycles. The average molecular weight is 227 g/mol. The Bertz CT molecular complexity index is 146. The highest BCUT2D eigenvalue weighted by Gasteiger charge is 1.95. The first kappa shape index (κ1) is 15.6. The Morgan fingerprint density at radius 1 is 0.750 bits per heavy atom. The molecule has 0 atom stereocenters. The van der Waals surface area contributed by atoms with Gasteiger partial charge < -0.3 is 0 Å². The fourth-order valence-electron chi connectivity index (χ4n) is 1.97. The number of hydrogen-bond donors (Lipinski definition) is 0. The summed E-state index contributed by atoms with van der Waals surface area (Å²) in [5.74, 6) is 0.867. The number of nitroso groups, excluding NO2 is 1. The maximum absolute atomic E-state index is 9.84. The van der Waals surface area contributed by atoms with Crippen LogP contribution in [0.25, 0.3) is 0 Å². The van der Waals surface area contributed by atoms with Gasteiger partial charge in [-0.05, 0) is 12.3 Å². The fourth-order valence-corrected chi connectivity index (χ4v) is 1.97. The van der Waals surface area contributed by atoms with Crippen LogP contribution in [0.2, 0.25) is 0 Å². The van der Waals surface area contributed by atoms with Crippen molar-refractivity contribution in [3.8, 4) is 0 Å². The lowest BCUT2D eigenvalue weighted by Gasteiger charge is -2.04. The monoisotopic (exact) mass is 227 g/mol. The van der Waals surface area contributed by atoms with E-state index in [0.29, 0.717) is 6.54 Å². The summed E-state index contributed by atoms with van der Waals surface area (Å²) in [6, 6.07) is 0. The van der Waals surface area contributed by atoms with Crippen LogP contribution in [0.1, 0.15) is 78.1 Å². The standard InChI is InChI=1S/C14H29NO/c1-14(2)12-10-8-6-4-3-5-7-9-11-13-15-16/h14H,3-13H2,1-2H3. The van der Waals surface area contributed by atoms with Crippen LogP contribution in [0.3, 0.4) is 0 Å². The molecule has 0 amide bonds. The van der Waals surface area contributed by atoms with Crippen molar-refractivity contribution in [1.29, 1.82) is 0 Å². The Kier molecular flexibility index (Phi) is 12.4. The number of unbranched alkanes of at least 4 members (excludes halogenated alkanes) is 8. The van der Waals surface area contributed by atoms with Crippen molar-refractivity contribution in [2.24, 2.45) is 11.1 Å². The smallest absolute Gasteiger partial charge is 0.0811 e. The van der Waals surface area contributed by atoms with Crippen molar-refractivity contribution in [1.82, 2.24) is 0 Å². The van der Waals surface area contributed by atoms with Gasteiger partial charge in [0, 0.05) is 0 Å². The Morgan fingerprint density at radius 3 is 1.62 bits per heavy atom. The van der Waals surface area contributed by atoms with Crippen LogP contribution >= 0.6 is 0 Å². The number of rotatable bonds is 12. The molecule has 0 unspecified atom stereocenters. The molecule has 0 N–H and O–H groups in total. The van der Waals surface area contributed by atoms with Crippen molar-refractivity contribution >= 4 is 0 Å². The summed E-state index contributed by atoms with van der Waals surface area (Å²) < 4.78 is 0. The molecule has 2 nitrogen and oxygen atoms in total. The molecule has 16 heavy (non-hydrogen) atoms. The highest BCUT2D eigenvalue weighted by molar-refractivity contribution is 4.50. The molecule has 0 rings (SSSR count). The van der Waals surface area contributed by atoms with E-state index >= 15 is 0 Å². The highest BCUT2D eigenvalue weighted by atomic mass is 16.3. The first-order chi connectivity index (χ1) is 7.77. The molecule has 96 valence electrons. The summed E-state index contributed by atoms with van der Waals surface area (Å²) in [5.41, 5.74) is 0. The third-order valence-corrected chi connectivity index (χ3v) is 3.03. The van der Waals surface area contributed by atoms with E-state index < -0.39 is 0 Å². The second-order valence-electron chi connectivity index (χ2n) is 5.22. The quantitative estimate of drug-likeness (QED) is 0.328. The van der Waals surface area contributed by atoms with Crippen LogP contribution in [-0.2, 0) is 0 Å². The predicted molar refractivity (Wildman–Crippen MR) is 71.7 cm³/mol. The lowest BCUT2D eigenvalue weighted by Crippen LogP contribution is -1.87. The molecule has 0 bridgehead atoms. The van der Waals surface area contributed by atoms with Gasteiger partial charge in [-0.3, -0.25) is 0 Å². The summed E-state index contributed by atoms with van der Waals surface area (Å²) in [5, 5.41) is 2.87. The topological polar surface area (TPSA) is 29.4 Å². The van der Waals surface area contributed by atoms with Gasteiger partial charge >= 0.3 is 0 Å². The fraction of sp³-hybridized carbons (Fsp3) is 1.00. The van der Waals surface area contributed by atoms with Crippen LogP contribution in [0, 0.1) is 10.8 Å². The van der Waals surface area contributed by atoms with Gasteiger partial charge in [0.15, 0.2) is 0 Å². The van der Waals surface area contributed by atoms with Gasteiger partial charge in [-0.1, -0.05) is 76.8 Å². The van der Waals surface area contributed by atoms with Gasteiger partial charge in [-0.25, -0.2) is 0 Å². The Hall–Kier alpha value is -0.400. The van der Waals surface area contributed by atoms with E-state index in [1.54, 1.807) is 0 Å². The largest absolute Gasteiger partial charge is 0.151 e. The second kappa shape index (κ2) is 12.7. The number of hydrogen-bond acceptors (Lipinski definition) is 2. The number of nitrogens with zero attached hydrogens (tertiary/aromatic N) is 1. The van der Waals surface area contributed by atoms with E-state index in [4.69, 9.17) is 0 Å². The highest BCUT2D eigenvalue weighted by Crippen LogP contribution is 2.12. The van der Waals surface area contributed by atoms with Crippen LogP contribution in [0.15, 0.2) is 5.18 Å². The molecule has 0 heterocycles. The SMILES string of the molecule is CC(C)CCCCCCCCCCCN=O. The third kappa shape index (κ3) is 13.6. The molecule has 0 aliphatic rings. The third-order valence-electron chi connectivity index (χ3n) is 3.03. The van der Waals surface area contributed by atoms with E-state index in [2.05, 4.69) is 19.0 Å². The van der Waals surface area contributed by atoms with Crippen molar-refractivity contribution < 1.29 is 0 Å². The summed E-state index contributed by atoms with van der Waals surface area (Å²) in [4.78, 5) is 9.84. The van der Waals surface area contributed by atoms with E-state index in [9.17, 15) is 4.91 Å². The maximum atomic E-state index is 9.84.